The number of fused-ring (bicyclic) bond motifs is 1. The number of imide groups is 1. The third kappa shape index (κ3) is 3.74. The molecule has 142 valence electrons. The molecule has 1 aromatic carbocycles. The summed E-state index contributed by atoms with van der Waals surface area (Å²) in [6.07, 6.45) is 0.135. The first kappa shape index (κ1) is 18.5. The lowest BCUT2D eigenvalue weighted by molar-refractivity contribution is -0.133. The average Bonchev–Trinajstić information content (AvgIpc) is 3.32. The van der Waals surface area contributed by atoms with Crippen LogP contribution in [0.5, 0.6) is 0 Å². The van der Waals surface area contributed by atoms with Crippen LogP contribution in [-0.2, 0) is 22.6 Å². The Balaban J connectivity index is 1.37. The number of carbonyl (C=O) groups excluding carboxylic acids is 3. The number of nitrogens with one attached hydrogen (secondary N) is 1. The summed E-state index contributed by atoms with van der Waals surface area (Å²) >= 11 is 3.16. The fraction of sp³-hybridized carbons (Fsp3) is 0.200. The maximum absolute atomic E-state index is 12.5. The lowest BCUT2D eigenvalue weighted by atomic mass is 9.98. The highest BCUT2D eigenvalue weighted by atomic mass is 32.1. The number of rotatable bonds is 5. The Hall–Kier alpha value is -2.84. The van der Waals surface area contributed by atoms with E-state index >= 15 is 0 Å². The molecule has 0 spiro atoms. The van der Waals surface area contributed by atoms with Crippen molar-refractivity contribution in [3.8, 4) is 10.6 Å². The SMILES string of the molecule is Cc1nc(-c2ccc(CNC(=O)CN3C(=O)Cc4ccccc4C3=O)s2)cs1. The Bertz CT molecular complexity index is 1070. The molecule has 0 saturated heterocycles. The smallest absolute Gasteiger partial charge is 0.261 e. The van der Waals surface area contributed by atoms with Crippen molar-refractivity contribution in [3.05, 3.63) is 62.8 Å². The molecule has 28 heavy (non-hydrogen) atoms. The van der Waals surface area contributed by atoms with Gasteiger partial charge < -0.3 is 5.32 Å². The quantitative estimate of drug-likeness (QED) is 0.655. The van der Waals surface area contributed by atoms with E-state index in [9.17, 15) is 14.4 Å². The average molecular weight is 412 g/mol. The predicted octanol–water partition coefficient (Wildman–Crippen LogP) is 3.02. The van der Waals surface area contributed by atoms with Crippen LogP contribution in [0.4, 0.5) is 0 Å². The Labute approximate surface area is 169 Å². The van der Waals surface area contributed by atoms with Gasteiger partial charge in [0.25, 0.3) is 5.91 Å². The Morgan fingerprint density at radius 3 is 2.82 bits per heavy atom. The number of nitrogens with zero attached hydrogens (tertiary/aromatic N) is 2. The molecule has 0 fully saturated rings. The number of thiazole rings is 1. The summed E-state index contributed by atoms with van der Waals surface area (Å²) in [5.74, 6) is -1.13. The topological polar surface area (TPSA) is 79.4 Å². The summed E-state index contributed by atoms with van der Waals surface area (Å²) in [4.78, 5) is 44.6. The maximum atomic E-state index is 12.5. The first-order valence-corrected chi connectivity index (χ1v) is 10.4. The molecule has 0 bridgehead atoms. The Morgan fingerprint density at radius 2 is 2.04 bits per heavy atom. The predicted molar refractivity (Wildman–Crippen MR) is 108 cm³/mol. The highest BCUT2D eigenvalue weighted by Gasteiger charge is 2.31. The Morgan fingerprint density at radius 1 is 1.21 bits per heavy atom. The minimum atomic E-state index is -0.417. The molecule has 0 radical (unpaired) electrons. The van der Waals surface area contributed by atoms with Gasteiger partial charge in [0.1, 0.15) is 6.54 Å². The third-order valence-corrected chi connectivity index (χ3v) is 6.31. The highest BCUT2D eigenvalue weighted by Crippen LogP contribution is 2.29. The van der Waals surface area contributed by atoms with Gasteiger partial charge in [0, 0.05) is 15.8 Å². The van der Waals surface area contributed by atoms with Crippen molar-refractivity contribution in [2.75, 3.05) is 6.54 Å². The molecule has 3 aromatic rings. The largest absolute Gasteiger partial charge is 0.350 e. The van der Waals surface area contributed by atoms with E-state index in [0.717, 1.165) is 25.4 Å². The van der Waals surface area contributed by atoms with Crippen LogP contribution in [0, 0.1) is 6.92 Å². The lowest BCUT2D eigenvalue weighted by Crippen LogP contribution is -2.47. The van der Waals surface area contributed by atoms with Crippen molar-refractivity contribution in [1.29, 1.82) is 0 Å². The van der Waals surface area contributed by atoms with Crippen LogP contribution >= 0.6 is 22.7 Å². The zero-order valence-electron chi connectivity index (χ0n) is 15.1. The summed E-state index contributed by atoms with van der Waals surface area (Å²) in [5, 5.41) is 5.81. The van der Waals surface area contributed by atoms with E-state index in [1.54, 1.807) is 46.9 Å². The first-order chi connectivity index (χ1) is 13.5. The molecule has 1 aliphatic heterocycles. The number of hydrogen-bond donors (Lipinski definition) is 1. The molecule has 1 N–H and O–H groups in total. The molecule has 0 unspecified atom stereocenters. The standard InChI is InChI=1S/C20H17N3O3S2/c1-12-22-16(11-27-12)17-7-6-14(28-17)9-21-18(24)10-23-19(25)8-13-4-2-3-5-15(13)20(23)26/h2-7,11H,8-10H2,1H3,(H,21,24). The van der Waals surface area contributed by atoms with E-state index in [-0.39, 0.29) is 24.8 Å². The van der Waals surface area contributed by atoms with Gasteiger partial charge in [0.05, 0.1) is 28.5 Å². The van der Waals surface area contributed by atoms with Crippen molar-refractivity contribution in [3.63, 3.8) is 0 Å². The number of carbonyl (C=O) groups is 3. The van der Waals surface area contributed by atoms with E-state index in [1.165, 1.54) is 0 Å². The lowest BCUT2D eigenvalue weighted by Gasteiger charge is -2.26. The summed E-state index contributed by atoms with van der Waals surface area (Å²) < 4.78 is 0. The van der Waals surface area contributed by atoms with Gasteiger partial charge in [-0.3, -0.25) is 19.3 Å². The summed E-state index contributed by atoms with van der Waals surface area (Å²) in [5.41, 5.74) is 2.13. The van der Waals surface area contributed by atoms with Gasteiger partial charge in [0.15, 0.2) is 0 Å². The molecule has 8 heteroatoms. The highest BCUT2D eigenvalue weighted by molar-refractivity contribution is 7.16. The minimum Gasteiger partial charge on any atom is -0.350 e. The number of aryl methyl sites for hydroxylation is 1. The monoisotopic (exact) mass is 411 g/mol. The Kier molecular flexibility index (Phi) is 5.06. The molecule has 4 rings (SSSR count). The minimum absolute atomic E-state index is 0.135. The number of thiophene rings is 1. The van der Waals surface area contributed by atoms with Crippen LogP contribution in [0.1, 0.15) is 25.8 Å². The zero-order valence-corrected chi connectivity index (χ0v) is 16.7. The molecule has 3 heterocycles. The van der Waals surface area contributed by atoms with E-state index in [2.05, 4.69) is 10.3 Å². The van der Waals surface area contributed by atoms with Crippen LogP contribution in [0.15, 0.2) is 41.8 Å². The van der Waals surface area contributed by atoms with E-state index in [4.69, 9.17) is 0 Å². The number of amides is 3. The number of hydrogen-bond acceptors (Lipinski definition) is 6. The van der Waals surface area contributed by atoms with Crippen LogP contribution in [-0.4, -0.2) is 34.2 Å². The van der Waals surface area contributed by atoms with Crippen molar-refractivity contribution < 1.29 is 14.4 Å². The van der Waals surface area contributed by atoms with Crippen LogP contribution in [0.3, 0.4) is 0 Å². The maximum Gasteiger partial charge on any atom is 0.261 e. The number of benzene rings is 1. The zero-order chi connectivity index (χ0) is 19.7. The molecular formula is C20H17N3O3S2. The molecule has 0 atom stereocenters. The van der Waals surface area contributed by atoms with Gasteiger partial charge in [-0.15, -0.1) is 22.7 Å². The molecular weight excluding hydrogens is 394 g/mol. The van der Waals surface area contributed by atoms with Gasteiger partial charge in [-0.2, -0.15) is 0 Å². The molecule has 1 aliphatic rings. The normalized spacial score (nSPS) is 13.5. The fourth-order valence-electron chi connectivity index (χ4n) is 3.03. The van der Waals surface area contributed by atoms with Gasteiger partial charge in [-0.1, -0.05) is 18.2 Å². The van der Waals surface area contributed by atoms with Crippen LogP contribution in [0.25, 0.3) is 10.6 Å². The second-order valence-corrected chi connectivity index (χ2v) is 8.64. The van der Waals surface area contributed by atoms with Gasteiger partial charge >= 0.3 is 0 Å². The van der Waals surface area contributed by atoms with Gasteiger partial charge in [-0.25, -0.2) is 4.98 Å². The molecule has 6 nitrogen and oxygen atoms in total. The fourth-order valence-corrected chi connectivity index (χ4v) is 4.63. The van der Waals surface area contributed by atoms with E-state index in [0.29, 0.717) is 17.7 Å². The van der Waals surface area contributed by atoms with Crippen LogP contribution in [0.2, 0.25) is 0 Å². The summed E-state index contributed by atoms with van der Waals surface area (Å²) in [6, 6.07) is 10.9. The van der Waals surface area contributed by atoms with Crippen molar-refractivity contribution in [2.45, 2.75) is 19.9 Å². The van der Waals surface area contributed by atoms with Crippen LogP contribution < -0.4 is 5.32 Å². The van der Waals surface area contributed by atoms with E-state index in [1.807, 2.05) is 24.4 Å². The van der Waals surface area contributed by atoms with Gasteiger partial charge in [0.2, 0.25) is 11.8 Å². The molecule has 0 saturated carbocycles. The number of aromatic nitrogens is 1. The van der Waals surface area contributed by atoms with Crippen molar-refractivity contribution in [1.82, 2.24) is 15.2 Å². The van der Waals surface area contributed by atoms with E-state index < -0.39 is 5.91 Å². The van der Waals surface area contributed by atoms with Crippen molar-refractivity contribution in [2.24, 2.45) is 0 Å². The second-order valence-electron chi connectivity index (χ2n) is 6.41. The summed E-state index contributed by atoms with van der Waals surface area (Å²) in [6.45, 7) is 2.04. The molecule has 3 amide bonds. The summed E-state index contributed by atoms with van der Waals surface area (Å²) in [7, 11) is 0. The second kappa shape index (κ2) is 7.65. The molecule has 0 aliphatic carbocycles. The third-order valence-electron chi connectivity index (χ3n) is 4.43. The van der Waals surface area contributed by atoms with Gasteiger partial charge in [-0.05, 0) is 30.7 Å². The first-order valence-electron chi connectivity index (χ1n) is 8.72. The van der Waals surface area contributed by atoms with Crippen molar-refractivity contribution >= 4 is 40.4 Å². The molecule has 2 aromatic heterocycles.